The number of hydrogen-bond donors (Lipinski definition) is 0. The molecule has 2 rings (SSSR count). The lowest BCUT2D eigenvalue weighted by molar-refractivity contribution is 0.0524. The minimum Gasteiger partial charge on any atom is -0.462 e. The number of hydrogen-bond acceptors (Lipinski definition) is 7. The van der Waals surface area contributed by atoms with Crippen LogP contribution in [0.25, 0.3) is 0 Å². The van der Waals surface area contributed by atoms with Gasteiger partial charge in [0.1, 0.15) is 16.5 Å². The van der Waals surface area contributed by atoms with Crippen LogP contribution in [0.5, 0.6) is 5.75 Å². The molecule has 2 aromatic carbocycles. The Labute approximate surface area is 166 Å². The smallest absolute Gasteiger partial charge is 0.340 e. The summed E-state index contributed by atoms with van der Waals surface area (Å²) in [5, 5.41) is -0.382. The van der Waals surface area contributed by atoms with E-state index in [-0.39, 0.29) is 35.1 Å². The Hall–Kier alpha value is -2.65. The van der Waals surface area contributed by atoms with Gasteiger partial charge in [0.05, 0.1) is 29.4 Å². The van der Waals surface area contributed by atoms with Crippen molar-refractivity contribution >= 4 is 33.7 Å². The fourth-order valence-corrected chi connectivity index (χ4v) is 3.58. The number of halogens is 2. The molecule has 0 aromatic heterocycles. The Morgan fingerprint density at radius 1 is 0.964 bits per heavy atom. The molecule has 0 amide bonds. The average Bonchev–Trinajstić information content (AvgIpc) is 2.61. The first kappa shape index (κ1) is 21.6. The summed E-state index contributed by atoms with van der Waals surface area (Å²) in [5.74, 6) is -2.63. The second-order valence-corrected chi connectivity index (χ2v) is 7.22. The molecule has 28 heavy (non-hydrogen) atoms. The van der Waals surface area contributed by atoms with Crippen LogP contribution in [0.3, 0.4) is 0 Å². The molecule has 0 saturated heterocycles. The van der Waals surface area contributed by atoms with Gasteiger partial charge in [0, 0.05) is 0 Å². The van der Waals surface area contributed by atoms with E-state index in [9.17, 15) is 22.4 Å². The van der Waals surface area contributed by atoms with E-state index >= 15 is 0 Å². The highest BCUT2D eigenvalue weighted by atomic mass is 35.5. The second-order valence-electron chi connectivity index (χ2n) is 5.30. The average molecular weight is 431 g/mol. The van der Waals surface area contributed by atoms with E-state index in [1.54, 1.807) is 13.8 Å². The zero-order chi connectivity index (χ0) is 20.9. The summed E-state index contributed by atoms with van der Waals surface area (Å²) >= 11 is 5.78. The Bertz CT molecular complexity index is 969. The fraction of sp³-hybridized carbons (Fsp3) is 0.222. The molecule has 2 aromatic rings. The normalized spacial score (nSPS) is 11.0. The highest BCUT2D eigenvalue weighted by Crippen LogP contribution is 2.27. The maximum absolute atomic E-state index is 13.2. The van der Waals surface area contributed by atoms with E-state index in [0.717, 1.165) is 30.3 Å². The molecule has 0 N–H and O–H groups in total. The number of carbonyl (C=O) groups is 2. The van der Waals surface area contributed by atoms with Gasteiger partial charge in [-0.15, -0.1) is 0 Å². The maximum atomic E-state index is 13.2. The first-order chi connectivity index (χ1) is 13.2. The summed E-state index contributed by atoms with van der Waals surface area (Å²) in [4.78, 5) is 23.6. The van der Waals surface area contributed by atoms with Crippen LogP contribution in [0, 0.1) is 5.82 Å². The van der Waals surface area contributed by atoms with Gasteiger partial charge in [-0.1, -0.05) is 11.6 Å². The molecular formula is C18H16ClFO7S. The summed E-state index contributed by atoms with van der Waals surface area (Å²) in [7, 11) is -4.47. The van der Waals surface area contributed by atoms with E-state index in [0.29, 0.717) is 0 Å². The van der Waals surface area contributed by atoms with Crippen LogP contribution in [0.15, 0.2) is 41.3 Å². The Morgan fingerprint density at radius 2 is 1.50 bits per heavy atom. The van der Waals surface area contributed by atoms with Crippen LogP contribution < -0.4 is 4.18 Å². The van der Waals surface area contributed by atoms with Crippen LogP contribution in [0.4, 0.5) is 4.39 Å². The first-order valence-electron chi connectivity index (χ1n) is 8.06. The van der Waals surface area contributed by atoms with Gasteiger partial charge in [0.2, 0.25) is 0 Å². The van der Waals surface area contributed by atoms with Crippen molar-refractivity contribution in [1.29, 1.82) is 0 Å². The first-order valence-corrected chi connectivity index (χ1v) is 9.85. The third kappa shape index (κ3) is 5.20. The number of rotatable bonds is 7. The van der Waals surface area contributed by atoms with Gasteiger partial charge in [-0.05, 0) is 50.2 Å². The molecular weight excluding hydrogens is 415 g/mol. The molecule has 0 radical (unpaired) electrons. The van der Waals surface area contributed by atoms with E-state index in [1.807, 2.05) is 0 Å². The van der Waals surface area contributed by atoms with Gasteiger partial charge in [-0.2, -0.15) is 8.42 Å². The zero-order valence-electron chi connectivity index (χ0n) is 14.9. The molecule has 0 spiro atoms. The largest absolute Gasteiger partial charge is 0.462 e. The highest BCUT2D eigenvalue weighted by Gasteiger charge is 2.23. The summed E-state index contributed by atoms with van der Waals surface area (Å²) < 4.78 is 52.9. The van der Waals surface area contributed by atoms with Gasteiger partial charge in [-0.3, -0.25) is 0 Å². The third-order valence-electron chi connectivity index (χ3n) is 3.30. The minimum atomic E-state index is -4.47. The van der Waals surface area contributed by atoms with E-state index in [1.165, 1.54) is 6.07 Å². The predicted octanol–water partition coefficient (Wildman–Crippen LogP) is 3.60. The molecule has 0 unspecified atom stereocenters. The Balaban J connectivity index is 2.48. The zero-order valence-corrected chi connectivity index (χ0v) is 16.5. The van der Waals surface area contributed by atoms with Crippen molar-refractivity contribution in [3.8, 4) is 5.75 Å². The number of carbonyl (C=O) groups excluding carboxylic acids is 2. The fourth-order valence-electron chi connectivity index (χ4n) is 2.16. The molecule has 0 aliphatic heterocycles. The monoisotopic (exact) mass is 430 g/mol. The van der Waals surface area contributed by atoms with Crippen molar-refractivity contribution < 1.29 is 36.1 Å². The van der Waals surface area contributed by atoms with Crippen LogP contribution in [0.2, 0.25) is 5.02 Å². The van der Waals surface area contributed by atoms with Crippen molar-refractivity contribution in [2.45, 2.75) is 18.7 Å². The maximum Gasteiger partial charge on any atom is 0.340 e. The van der Waals surface area contributed by atoms with Crippen LogP contribution >= 0.6 is 11.6 Å². The SMILES string of the molecule is CCOC(=O)c1cc(OS(=O)(=O)c2ccc(F)cc2Cl)cc(C(=O)OCC)c1. The summed E-state index contributed by atoms with van der Waals surface area (Å²) in [6.07, 6.45) is 0. The number of ether oxygens (including phenoxy) is 2. The topological polar surface area (TPSA) is 96.0 Å². The van der Waals surface area contributed by atoms with Gasteiger partial charge in [0.15, 0.2) is 0 Å². The van der Waals surface area contributed by atoms with Crippen LogP contribution in [0.1, 0.15) is 34.6 Å². The van der Waals surface area contributed by atoms with Crippen LogP contribution in [-0.2, 0) is 19.6 Å². The lowest BCUT2D eigenvalue weighted by atomic mass is 10.1. The van der Waals surface area contributed by atoms with E-state index < -0.39 is 32.8 Å². The lowest BCUT2D eigenvalue weighted by Crippen LogP contribution is -2.13. The molecule has 0 atom stereocenters. The molecule has 0 heterocycles. The summed E-state index contributed by atoms with van der Waals surface area (Å²) in [6.45, 7) is 3.32. The molecule has 0 aliphatic rings. The van der Waals surface area contributed by atoms with Crippen molar-refractivity contribution in [2.75, 3.05) is 13.2 Å². The van der Waals surface area contributed by atoms with Crippen molar-refractivity contribution in [3.63, 3.8) is 0 Å². The van der Waals surface area contributed by atoms with Gasteiger partial charge < -0.3 is 13.7 Å². The number of benzene rings is 2. The summed E-state index contributed by atoms with van der Waals surface area (Å²) in [6, 6.07) is 6.04. The summed E-state index contributed by atoms with van der Waals surface area (Å²) in [5.41, 5.74) is -0.217. The highest BCUT2D eigenvalue weighted by molar-refractivity contribution is 7.87. The number of esters is 2. The quantitative estimate of drug-likeness (QED) is 0.489. The Kier molecular flexibility index (Phi) is 6.98. The Morgan fingerprint density at radius 3 is 1.96 bits per heavy atom. The third-order valence-corrected chi connectivity index (χ3v) is 5.03. The van der Waals surface area contributed by atoms with E-state index in [2.05, 4.69) is 0 Å². The molecule has 0 bridgehead atoms. The van der Waals surface area contributed by atoms with Crippen molar-refractivity contribution in [3.05, 3.63) is 58.4 Å². The van der Waals surface area contributed by atoms with Crippen molar-refractivity contribution in [1.82, 2.24) is 0 Å². The second kappa shape index (κ2) is 9.03. The van der Waals surface area contributed by atoms with Gasteiger partial charge >= 0.3 is 22.1 Å². The molecule has 7 nitrogen and oxygen atoms in total. The minimum absolute atomic E-state index is 0.0716. The molecule has 0 aliphatic carbocycles. The molecule has 150 valence electrons. The van der Waals surface area contributed by atoms with Gasteiger partial charge in [0.25, 0.3) is 0 Å². The molecule has 10 heteroatoms. The van der Waals surface area contributed by atoms with Gasteiger partial charge in [-0.25, -0.2) is 14.0 Å². The van der Waals surface area contributed by atoms with Crippen molar-refractivity contribution in [2.24, 2.45) is 0 Å². The molecule has 0 saturated carbocycles. The van der Waals surface area contributed by atoms with Crippen LogP contribution in [-0.4, -0.2) is 33.6 Å². The predicted molar refractivity (Wildman–Crippen MR) is 97.6 cm³/mol. The van der Waals surface area contributed by atoms with E-state index in [4.69, 9.17) is 25.3 Å². The lowest BCUT2D eigenvalue weighted by Gasteiger charge is -2.11. The molecule has 0 fully saturated rings. The standard InChI is InChI=1S/C18H16ClFO7S/c1-3-25-17(21)11-7-12(18(22)26-4-2)9-14(8-11)27-28(23,24)16-6-5-13(20)10-15(16)19/h5-10H,3-4H2,1-2H3.